The van der Waals surface area contributed by atoms with Crippen LogP contribution in [-0.2, 0) is 6.54 Å². The van der Waals surface area contributed by atoms with E-state index in [0.29, 0.717) is 5.92 Å². The van der Waals surface area contributed by atoms with Crippen LogP contribution in [0.15, 0.2) is 36.4 Å². The van der Waals surface area contributed by atoms with Crippen molar-refractivity contribution in [1.29, 1.82) is 0 Å². The quantitative estimate of drug-likeness (QED) is 0.718. The summed E-state index contributed by atoms with van der Waals surface area (Å²) in [7, 11) is 2.10. The molecule has 1 aromatic rings. The molecule has 1 aromatic carbocycles. The van der Waals surface area contributed by atoms with Gasteiger partial charge in [-0.2, -0.15) is 0 Å². The fourth-order valence-electron chi connectivity index (χ4n) is 2.45. The van der Waals surface area contributed by atoms with Crippen molar-refractivity contribution in [2.75, 3.05) is 13.6 Å². The Labute approximate surface area is 103 Å². The highest BCUT2D eigenvalue weighted by molar-refractivity contribution is 5.16. The lowest BCUT2D eigenvalue weighted by Crippen LogP contribution is -2.25. The summed E-state index contributed by atoms with van der Waals surface area (Å²) in [6, 6.07) is 6.87. The summed E-state index contributed by atoms with van der Waals surface area (Å²) in [5, 5.41) is 0. The van der Waals surface area contributed by atoms with Crippen LogP contribution in [0.3, 0.4) is 0 Å². The van der Waals surface area contributed by atoms with E-state index in [-0.39, 0.29) is 5.82 Å². The van der Waals surface area contributed by atoms with E-state index >= 15 is 0 Å². The second-order valence-electron chi connectivity index (χ2n) is 4.95. The van der Waals surface area contributed by atoms with Gasteiger partial charge in [0, 0.05) is 13.1 Å². The first kappa shape index (κ1) is 12.3. The van der Waals surface area contributed by atoms with Gasteiger partial charge in [-0.25, -0.2) is 4.39 Å². The second kappa shape index (κ2) is 5.97. The first-order valence-electron chi connectivity index (χ1n) is 6.33. The highest BCUT2D eigenvalue weighted by Gasteiger charge is 2.11. The van der Waals surface area contributed by atoms with Gasteiger partial charge >= 0.3 is 0 Å². The van der Waals surface area contributed by atoms with Crippen LogP contribution in [0.1, 0.15) is 24.8 Å². The average molecular weight is 233 g/mol. The largest absolute Gasteiger partial charge is 0.302 e. The summed E-state index contributed by atoms with van der Waals surface area (Å²) in [4.78, 5) is 2.27. The standard InChI is InChI=1S/C15H20FN/c1-17(11-13-6-3-2-4-7-13)12-14-8-5-9-15(16)10-14/h3,5-6,8-10,13H,2,4,7,11-12H2,1H3/t13-/m0/s1. The summed E-state index contributed by atoms with van der Waals surface area (Å²) in [5.74, 6) is 0.524. The molecular formula is C15H20FN. The van der Waals surface area contributed by atoms with Gasteiger partial charge < -0.3 is 4.90 Å². The third-order valence-electron chi connectivity index (χ3n) is 3.24. The van der Waals surface area contributed by atoms with Crippen LogP contribution in [0, 0.1) is 11.7 Å². The van der Waals surface area contributed by atoms with Crippen molar-refractivity contribution in [2.45, 2.75) is 25.8 Å². The smallest absolute Gasteiger partial charge is 0.123 e. The maximum Gasteiger partial charge on any atom is 0.123 e. The Bertz CT molecular complexity index is 386. The Balaban J connectivity index is 1.86. The number of rotatable bonds is 4. The second-order valence-corrected chi connectivity index (χ2v) is 4.95. The highest BCUT2D eigenvalue weighted by Crippen LogP contribution is 2.18. The van der Waals surface area contributed by atoms with Crippen molar-refractivity contribution < 1.29 is 4.39 Å². The van der Waals surface area contributed by atoms with Crippen LogP contribution >= 0.6 is 0 Å². The zero-order chi connectivity index (χ0) is 12.1. The van der Waals surface area contributed by atoms with Crippen molar-refractivity contribution in [3.05, 3.63) is 47.8 Å². The molecule has 0 heterocycles. The fourth-order valence-corrected chi connectivity index (χ4v) is 2.45. The van der Waals surface area contributed by atoms with Crippen molar-refractivity contribution in [2.24, 2.45) is 5.92 Å². The molecule has 2 heteroatoms. The molecule has 0 N–H and O–H groups in total. The molecule has 1 atom stereocenters. The first-order valence-corrected chi connectivity index (χ1v) is 6.33. The average Bonchev–Trinajstić information content (AvgIpc) is 2.30. The third-order valence-corrected chi connectivity index (χ3v) is 3.24. The molecule has 0 aromatic heterocycles. The summed E-state index contributed by atoms with van der Waals surface area (Å²) in [6.45, 7) is 1.88. The van der Waals surface area contributed by atoms with E-state index in [0.717, 1.165) is 18.7 Å². The van der Waals surface area contributed by atoms with E-state index in [1.54, 1.807) is 12.1 Å². The Morgan fingerprint density at radius 1 is 1.41 bits per heavy atom. The first-order chi connectivity index (χ1) is 8.24. The van der Waals surface area contributed by atoms with Crippen LogP contribution in [0.5, 0.6) is 0 Å². The molecule has 1 aliphatic rings. The predicted molar refractivity (Wildman–Crippen MR) is 69.2 cm³/mol. The van der Waals surface area contributed by atoms with Gasteiger partial charge in [0.2, 0.25) is 0 Å². The van der Waals surface area contributed by atoms with Crippen LogP contribution in [-0.4, -0.2) is 18.5 Å². The minimum atomic E-state index is -0.145. The summed E-state index contributed by atoms with van der Waals surface area (Å²) >= 11 is 0. The lowest BCUT2D eigenvalue weighted by molar-refractivity contribution is 0.280. The zero-order valence-electron chi connectivity index (χ0n) is 10.4. The number of halogens is 1. The number of benzene rings is 1. The molecule has 0 amide bonds. The fraction of sp³-hybridized carbons (Fsp3) is 0.467. The molecule has 92 valence electrons. The number of nitrogens with zero attached hydrogens (tertiary/aromatic N) is 1. The molecule has 2 rings (SSSR count). The van der Waals surface area contributed by atoms with Crippen LogP contribution in [0.2, 0.25) is 0 Å². The van der Waals surface area contributed by atoms with E-state index in [1.807, 2.05) is 6.07 Å². The normalized spacial score (nSPS) is 19.8. The minimum Gasteiger partial charge on any atom is -0.302 e. The molecule has 0 bridgehead atoms. The van der Waals surface area contributed by atoms with Crippen LogP contribution in [0.4, 0.5) is 4.39 Å². The Morgan fingerprint density at radius 2 is 2.29 bits per heavy atom. The lowest BCUT2D eigenvalue weighted by atomic mass is 9.95. The van der Waals surface area contributed by atoms with Gasteiger partial charge in [-0.05, 0) is 49.9 Å². The predicted octanol–water partition coefficient (Wildman–Crippen LogP) is 3.61. The molecular weight excluding hydrogens is 213 g/mol. The van der Waals surface area contributed by atoms with Crippen molar-refractivity contribution in [3.8, 4) is 0 Å². The van der Waals surface area contributed by atoms with Crippen molar-refractivity contribution >= 4 is 0 Å². The van der Waals surface area contributed by atoms with Gasteiger partial charge in [-0.1, -0.05) is 24.3 Å². The van der Waals surface area contributed by atoms with Crippen molar-refractivity contribution in [3.63, 3.8) is 0 Å². The number of hydrogen-bond donors (Lipinski definition) is 0. The minimum absolute atomic E-state index is 0.145. The highest BCUT2D eigenvalue weighted by atomic mass is 19.1. The lowest BCUT2D eigenvalue weighted by Gasteiger charge is -2.23. The Hall–Kier alpha value is -1.15. The molecule has 0 spiro atoms. The molecule has 0 saturated carbocycles. The van der Waals surface area contributed by atoms with Crippen molar-refractivity contribution in [1.82, 2.24) is 4.90 Å². The number of hydrogen-bond acceptors (Lipinski definition) is 1. The molecule has 17 heavy (non-hydrogen) atoms. The summed E-state index contributed by atoms with van der Waals surface area (Å²) < 4.78 is 13.0. The zero-order valence-corrected chi connectivity index (χ0v) is 10.4. The van der Waals surface area contributed by atoms with E-state index in [2.05, 4.69) is 24.1 Å². The van der Waals surface area contributed by atoms with E-state index < -0.39 is 0 Å². The topological polar surface area (TPSA) is 3.24 Å². The van der Waals surface area contributed by atoms with Gasteiger partial charge in [0.05, 0.1) is 0 Å². The summed E-state index contributed by atoms with van der Waals surface area (Å²) in [6.07, 6.45) is 8.42. The van der Waals surface area contributed by atoms with Gasteiger partial charge in [0.1, 0.15) is 5.82 Å². The number of allylic oxidation sites excluding steroid dienone is 1. The molecule has 0 unspecified atom stereocenters. The van der Waals surface area contributed by atoms with E-state index in [9.17, 15) is 4.39 Å². The SMILES string of the molecule is CN(Cc1cccc(F)c1)C[C@H]1C=CCCC1. The molecule has 0 saturated heterocycles. The third kappa shape index (κ3) is 3.97. The molecule has 0 radical (unpaired) electrons. The van der Waals surface area contributed by atoms with Gasteiger partial charge in [0.15, 0.2) is 0 Å². The summed E-state index contributed by atoms with van der Waals surface area (Å²) in [5.41, 5.74) is 1.05. The van der Waals surface area contributed by atoms with Crippen LogP contribution in [0.25, 0.3) is 0 Å². The molecule has 0 fully saturated rings. The molecule has 0 aliphatic heterocycles. The molecule has 1 aliphatic carbocycles. The van der Waals surface area contributed by atoms with Gasteiger partial charge in [-0.15, -0.1) is 0 Å². The van der Waals surface area contributed by atoms with Gasteiger partial charge in [-0.3, -0.25) is 0 Å². The maximum absolute atomic E-state index is 13.0. The maximum atomic E-state index is 13.0. The van der Waals surface area contributed by atoms with E-state index in [1.165, 1.54) is 25.3 Å². The Morgan fingerprint density at radius 3 is 3.00 bits per heavy atom. The monoisotopic (exact) mass is 233 g/mol. The van der Waals surface area contributed by atoms with Gasteiger partial charge in [0.25, 0.3) is 0 Å². The van der Waals surface area contributed by atoms with Crippen LogP contribution < -0.4 is 0 Å². The molecule has 1 nitrogen and oxygen atoms in total. The Kier molecular flexibility index (Phi) is 4.32. The van der Waals surface area contributed by atoms with E-state index in [4.69, 9.17) is 0 Å².